The van der Waals surface area contributed by atoms with Crippen LogP contribution in [0.3, 0.4) is 0 Å². The van der Waals surface area contributed by atoms with Gasteiger partial charge in [0.15, 0.2) is 0 Å². The molecule has 5 nitrogen and oxygen atoms in total. The molecule has 1 atom stereocenters. The molecule has 1 aromatic carbocycles. The van der Waals surface area contributed by atoms with E-state index in [0.717, 1.165) is 19.3 Å². The Kier molecular flexibility index (Phi) is 6.10. The maximum atomic E-state index is 12.3. The van der Waals surface area contributed by atoms with Gasteiger partial charge in [0.2, 0.25) is 5.91 Å². The van der Waals surface area contributed by atoms with Crippen molar-refractivity contribution in [3.8, 4) is 11.8 Å². The molecule has 1 aromatic rings. The molecular weight excluding hydrogens is 318 g/mol. The lowest BCUT2D eigenvalue weighted by Crippen LogP contribution is -2.42. The highest BCUT2D eigenvalue weighted by atomic mass is 19.3. The van der Waals surface area contributed by atoms with Gasteiger partial charge >= 0.3 is 6.61 Å². The van der Waals surface area contributed by atoms with Gasteiger partial charge in [-0.2, -0.15) is 14.0 Å². The van der Waals surface area contributed by atoms with Crippen LogP contribution in [0, 0.1) is 16.7 Å². The fourth-order valence-corrected chi connectivity index (χ4v) is 2.92. The summed E-state index contributed by atoms with van der Waals surface area (Å²) in [5.74, 6) is -0.447. The molecule has 0 aromatic heterocycles. The van der Waals surface area contributed by atoms with E-state index < -0.39 is 18.1 Å². The summed E-state index contributed by atoms with van der Waals surface area (Å²) < 4.78 is 28.7. The van der Waals surface area contributed by atoms with Crippen molar-refractivity contribution >= 4 is 5.91 Å². The third-order valence-corrected chi connectivity index (χ3v) is 4.28. The van der Waals surface area contributed by atoms with E-state index in [1.165, 1.54) is 18.2 Å². The summed E-state index contributed by atoms with van der Waals surface area (Å²) in [5.41, 5.74) is -0.679. The van der Waals surface area contributed by atoms with Crippen LogP contribution in [0.15, 0.2) is 24.3 Å². The first-order chi connectivity index (χ1) is 11.5. The lowest BCUT2D eigenvalue weighted by molar-refractivity contribution is -0.130. The number of hydrogen-bond donors (Lipinski definition) is 2. The van der Waals surface area contributed by atoms with Crippen molar-refractivity contribution in [2.24, 2.45) is 5.41 Å². The number of carbonyl (C=O) groups is 1. The van der Waals surface area contributed by atoms with Gasteiger partial charge in [-0.05, 0) is 30.5 Å². The predicted octanol–water partition coefficient (Wildman–Crippen LogP) is 2.91. The van der Waals surface area contributed by atoms with Crippen molar-refractivity contribution in [3.63, 3.8) is 0 Å². The van der Waals surface area contributed by atoms with Gasteiger partial charge in [-0.25, -0.2) is 0 Å². The van der Waals surface area contributed by atoms with E-state index in [4.69, 9.17) is 0 Å². The smallest absolute Gasteiger partial charge is 0.387 e. The molecule has 24 heavy (non-hydrogen) atoms. The summed E-state index contributed by atoms with van der Waals surface area (Å²) in [5, 5.41) is 22.1. The molecule has 7 heteroatoms. The molecule has 0 aliphatic heterocycles. The molecule has 1 unspecified atom stereocenters. The number of rotatable bonds is 6. The minimum Gasteiger partial charge on any atom is -0.435 e. The average Bonchev–Trinajstić information content (AvgIpc) is 2.59. The van der Waals surface area contributed by atoms with Gasteiger partial charge in [-0.15, -0.1) is 0 Å². The minimum absolute atomic E-state index is 0.0614. The Morgan fingerprint density at radius 3 is 2.71 bits per heavy atom. The molecular formula is C17H20F2N2O3. The molecule has 1 fully saturated rings. The van der Waals surface area contributed by atoms with Gasteiger partial charge < -0.3 is 15.2 Å². The van der Waals surface area contributed by atoms with Crippen LogP contribution < -0.4 is 10.1 Å². The first-order valence-electron chi connectivity index (χ1n) is 7.89. The summed E-state index contributed by atoms with van der Waals surface area (Å²) in [6, 6.07) is 7.80. The number of nitrogens with one attached hydrogen (secondary N) is 1. The highest BCUT2D eigenvalue weighted by molar-refractivity contribution is 5.85. The second kappa shape index (κ2) is 8.06. The number of aliphatic hydroxyl groups excluding tert-OH is 1. The normalized spacial score (nSPS) is 17.8. The van der Waals surface area contributed by atoms with Crippen molar-refractivity contribution in [1.82, 2.24) is 5.32 Å². The first kappa shape index (κ1) is 18.1. The van der Waals surface area contributed by atoms with Crippen LogP contribution >= 0.6 is 0 Å². The number of alkyl halides is 2. The summed E-state index contributed by atoms with van der Waals surface area (Å²) >= 11 is 0. The van der Waals surface area contributed by atoms with E-state index >= 15 is 0 Å². The highest BCUT2D eigenvalue weighted by Gasteiger charge is 2.39. The van der Waals surface area contributed by atoms with Crippen molar-refractivity contribution in [2.45, 2.75) is 44.8 Å². The van der Waals surface area contributed by atoms with Gasteiger partial charge in [0.25, 0.3) is 0 Å². The zero-order chi connectivity index (χ0) is 17.6. The van der Waals surface area contributed by atoms with Gasteiger partial charge in [0.05, 0.1) is 12.2 Å². The Hall–Kier alpha value is -2.20. The predicted molar refractivity (Wildman–Crippen MR) is 82.2 cm³/mol. The number of carbonyl (C=O) groups excluding carboxylic acids is 1. The fraction of sp³-hybridized carbons (Fsp3) is 0.529. The van der Waals surface area contributed by atoms with Crippen LogP contribution in [0.2, 0.25) is 0 Å². The number of nitrogens with zero attached hydrogens (tertiary/aromatic N) is 1. The van der Waals surface area contributed by atoms with Crippen molar-refractivity contribution in [3.05, 3.63) is 29.8 Å². The average molecular weight is 338 g/mol. The van der Waals surface area contributed by atoms with Crippen LogP contribution in [0.4, 0.5) is 8.78 Å². The molecule has 0 spiro atoms. The molecule has 1 aliphatic carbocycles. The minimum atomic E-state index is -2.95. The van der Waals surface area contributed by atoms with Gasteiger partial charge in [0.1, 0.15) is 11.2 Å². The third-order valence-electron chi connectivity index (χ3n) is 4.28. The number of amides is 1. The van der Waals surface area contributed by atoms with E-state index in [9.17, 15) is 23.9 Å². The summed E-state index contributed by atoms with van der Waals surface area (Å²) in [7, 11) is 0. The SMILES string of the molecule is N#CC1(C(=O)NCC(O)c2cccc(OC(F)F)c2)CCCCC1. The summed E-state index contributed by atoms with van der Waals surface area (Å²) in [4.78, 5) is 12.3. The molecule has 0 heterocycles. The monoisotopic (exact) mass is 338 g/mol. The molecule has 0 bridgehead atoms. The second-order valence-electron chi connectivity index (χ2n) is 5.93. The number of halogens is 2. The van der Waals surface area contributed by atoms with Crippen molar-refractivity contribution in [1.29, 1.82) is 5.26 Å². The van der Waals surface area contributed by atoms with E-state index in [-0.39, 0.29) is 18.2 Å². The van der Waals surface area contributed by atoms with Crippen LogP contribution in [0.5, 0.6) is 5.75 Å². The number of benzene rings is 1. The molecule has 1 saturated carbocycles. The Balaban J connectivity index is 1.96. The largest absolute Gasteiger partial charge is 0.435 e. The topological polar surface area (TPSA) is 82.4 Å². The van der Waals surface area contributed by atoms with E-state index in [1.54, 1.807) is 6.07 Å². The maximum Gasteiger partial charge on any atom is 0.387 e. The summed E-state index contributed by atoms with van der Waals surface area (Å²) in [6.45, 7) is -3.04. The van der Waals surface area contributed by atoms with Gasteiger partial charge in [-0.3, -0.25) is 4.79 Å². The standard InChI is InChI=1S/C17H20F2N2O3/c18-16(19)24-13-6-4-5-12(9-13)14(22)10-21-15(23)17(11-20)7-2-1-3-8-17/h4-6,9,14,16,22H,1-3,7-8,10H2,(H,21,23). The molecule has 130 valence electrons. The molecule has 2 N–H and O–H groups in total. The van der Waals surface area contributed by atoms with Crippen LogP contribution in [-0.2, 0) is 4.79 Å². The van der Waals surface area contributed by atoms with Gasteiger partial charge in [0, 0.05) is 6.54 Å². The fourth-order valence-electron chi connectivity index (χ4n) is 2.92. The van der Waals surface area contributed by atoms with E-state index in [0.29, 0.717) is 18.4 Å². The third kappa shape index (κ3) is 4.42. The van der Waals surface area contributed by atoms with Crippen LogP contribution in [0.25, 0.3) is 0 Å². The molecule has 1 amide bonds. The number of hydrogen-bond acceptors (Lipinski definition) is 4. The highest BCUT2D eigenvalue weighted by Crippen LogP contribution is 2.36. The van der Waals surface area contributed by atoms with E-state index in [2.05, 4.69) is 16.1 Å². The van der Waals surface area contributed by atoms with Crippen molar-refractivity contribution < 1.29 is 23.4 Å². The molecule has 2 rings (SSSR count). The number of aliphatic hydroxyl groups is 1. The zero-order valence-electron chi connectivity index (χ0n) is 13.2. The Morgan fingerprint density at radius 1 is 1.38 bits per heavy atom. The van der Waals surface area contributed by atoms with E-state index in [1.807, 2.05) is 0 Å². The van der Waals surface area contributed by atoms with Crippen LogP contribution in [0.1, 0.15) is 43.8 Å². The second-order valence-corrected chi connectivity index (χ2v) is 5.93. The number of nitriles is 1. The lowest BCUT2D eigenvalue weighted by Gasteiger charge is -2.29. The summed E-state index contributed by atoms with van der Waals surface area (Å²) in [6.07, 6.45) is 2.63. The zero-order valence-corrected chi connectivity index (χ0v) is 13.2. The molecule has 0 saturated heterocycles. The Bertz CT molecular complexity index is 610. The number of ether oxygens (including phenoxy) is 1. The molecule has 0 radical (unpaired) electrons. The Morgan fingerprint density at radius 2 is 2.08 bits per heavy atom. The van der Waals surface area contributed by atoms with Crippen LogP contribution in [-0.4, -0.2) is 24.2 Å². The maximum absolute atomic E-state index is 12.3. The quantitative estimate of drug-likeness (QED) is 0.835. The van der Waals surface area contributed by atoms with Gasteiger partial charge in [-0.1, -0.05) is 31.4 Å². The first-order valence-corrected chi connectivity index (χ1v) is 7.89. The molecule has 1 aliphatic rings. The Labute approximate surface area is 139 Å². The van der Waals surface area contributed by atoms with Crippen molar-refractivity contribution in [2.75, 3.05) is 6.54 Å². The lowest BCUT2D eigenvalue weighted by atomic mass is 9.74.